The minimum Gasteiger partial charge on any atom is -0.339 e. The van der Waals surface area contributed by atoms with E-state index in [1.165, 1.54) is 0 Å². The maximum atomic E-state index is 12.9. The number of aryl methyl sites for hydroxylation is 1. The van der Waals surface area contributed by atoms with Crippen molar-refractivity contribution >= 4 is 29.9 Å². The third kappa shape index (κ3) is 5.09. The number of nitrogens with one attached hydrogen (secondary N) is 1. The molecular weight excluding hydrogens is 415 g/mol. The molecular formula is C19H20Cl2N6O2. The Bertz CT molecular complexity index is 953. The molecule has 1 amide bonds. The van der Waals surface area contributed by atoms with Crippen molar-refractivity contribution in [2.75, 3.05) is 19.6 Å². The van der Waals surface area contributed by atoms with Crippen LogP contribution in [0.2, 0.25) is 5.02 Å². The number of halogens is 2. The second-order valence-corrected chi connectivity index (χ2v) is 6.88. The minimum absolute atomic E-state index is 0. The largest absolute Gasteiger partial charge is 0.339 e. The van der Waals surface area contributed by atoms with E-state index in [1.807, 2.05) is 29.2 Å². The van der Waals surface area contributed by atoms with Crippen LogP contribution in [0, 0.1) is 0 Å². The number of hydrogen-bond acceptors (Lipinski definition) is 7. The number of nitrogens with zero attached hydrogens (tertiary/aromatic N) is 5. The van der Waals surface area contributed by atoms with E-state index < -0.39 is 0 Å². The van der Waals surface area contributed by atoms with Gasteiger partial charge in [-0.1, -0.05) is 28.9 Å². The van der Waals surface area contributed by atoms with Crippen molar-refractivity contribution in [2.45, 2.75) is 18.9 Å². The van der Waals surface area contributed by atoms with Gasteiger partial charge in [0.1, 0.15) is 0 Å². The second-order valence-electron chi connectivity index (χ2n) is 6.45. The molecule has 0 spiro atoms. The van der Waals surface area contributed by atoms with Crippen molar-refractivity contribution in [3.05, 3.63) is 59.2 Å². The molecule has 0 radical (unpaired) electrons. The van der Waals surface area contributed by atoms with Crippen LogP contribution in [0.4, 0.5) is 0 Å². The molecule has 1 unspecified atom stereocenters. The Morgan fingerprint density at radius 1 is 1.24 bits per heavy atom. The first-order valence-electron chi connectivity index (χ1n) is 9.06. The fourth-order valence-corrected chi connectivity index (χ4v) is 3.43. The highest BCUT2D eigenvalue weighted by atomic mass is 35.5. The van der Waals surface area contributed by atoms with Gasteiger partial charge in [-0.25, -0.2) is 9.97 Å². The number of carbonyl (C=O) groups is 1. The molecule has 0 saturated carbocycles. The third-order valence-corrected chi connectivity index (χ3v) is 4.82. The lowest BCUT2D eigenvalue weighted by Gasteiger charge is -2.36. The van der Waals surface area contributed by atoms with E-state index in [0.717, 1.165) is 12.1 Å². The van der Waals surface area contributed by atoms with E-state index >= 15 is 0 Å². The van der Waals surface area contributed by atoms with E-state index in [4.69, 9.17) is 16.1 Å². The monoisotopic (exact) mass is 434 g/mol. The van der Waals surface area contributed by atoms with Crippen LogP contribution in [0.1, 0.15) is 23.9 Å². The molecule has 152 valence electrons. The minimum atomic E-state index is -0.0454. The molecule has 1 N–H and O–H groups in total. The lowest BCUT2D eigenvalue weighted by atomic mass is 10.0. The lowest BCUT2D eigenvalue weighted by molar-refractivity contribution is -0.134. The summed E-state index contributed by atoms with van der Waals surface area (Å²) >= 11 is 6.12. The van der Waals surface area contributed by atoms with Gasteiger partial charge in [0.15, 0.2) is 0 Å². The normalized spacial score (nSPS) is 16.3. The van der Waals surface area contributed by atoms with Crippen molar-refractivity contribution < 1.29 is 9.32 Å². The first kappa shape index (κ1) is 21.2. The predicted octanol–water partition coefficient (Wildman–Crippen LogP) is 2.71. The zero-order valence-corrected chi connectivity index (χ0v) is 17.1. The summed E-state index contributed by atoms with van der Waals surface area (Å²) in [6.07, 6.45) is 3.88. The Morgan fingerprint density at radius 2 is 2.07 bits per heavy atom. The number of benzene rings is 1. The van der Waals surface area contributed by atoms with Gasteiger partial charge in [0.05, 0.1) is 6.04 Å². The number of piperazine rings is 1. The standard InChI is InChI=1S/C19H19ClN6O2.ClH/c20-14-4-1-3-13(11-14)15-12-21-9-10-26(15)17(27)6-5-16-24-19(25-28-16)18-22-7-2-8-23-18;/h1-4,7-8,11,15,21H,5-6,9-10,12H2;1H. The molecule has 3 heterocycles. The number of aromatic nitrogens is 4. The van der Waals surface area contributed by atoms with Crippen LogP contribution in [0.5, 0.6) is 0 Å². The molecule has 1 atom stereocenters. The Hall–Kier alpha value is -2.55. The van der Waals surface area contributed by atoms with E-state index in [1.54, 1.807) is 18.5 Å². The van der Waals surface area contributed by atoms with Gasteiger partial charge in [-0.2, -0.15) is 4.98 Å². The molecule has 1 saturated heterocycles. The van der Waals surface area contributed by atoms with Crippen LogP contribution >= 0.6 is 24.0 Å². The van der Waals surface area contributed by atoms with E-state index in [2.05, 4.69) is 25.4 Å². The van der Waals surface area contributed by atoms with E-state index in [0.29, 0.717) is 42.1 Å². The highest BCUT2D eigenvalue weighted by Crippen LogP contribution is 2.25. The van der Waals surface area contributed by atoms with Crippen LogP contribution in [0.15, 0.2) is 47.2 Å². The molecule has 10 heteroatoms. The Kier molecular flexibility index (Phi) is 7.13. The summed E-state index contributed by atoms with van der Waals surface area (Å²) in [6, 6.07) is 9.30. The maximum absolute atomic E-state index is 12.9. The number of rotatable bonds is 5. The van der Waals surface area contributed by atoms with Crippen molar-refractivity contribution in [1.82, 2.24) is 30.3 Å². The molecule has 0 bridgehead atoms. The number of carbonyl (C=O) groups excluding carboxylic acids is 1. The molecule has 29 heavy (non-hydrogen) atoms. The molecule has 1 aliphatic rings. The molecule has 2 aromatic heterocycles. The van der Waals surface area contributed by atoms with Crippen molar-refractivity contribution in [3.8, 4) is 11.6 Å². The summed E-state index contributed by atoms with van der Waals surface area (Å²) in [5.41, 5.74) is 1.02. The predicted molar refractivity (Wildman–Crippen MR) is 110 cm³/mol. The SMILES string of the molecule is Cl.O=C(CCc1nc(-c2ncccn2)no1)N1CCNCC1c1cccc(Cl)c1. The molecule has 3 aromatic rings. The Morgan fingerprint density at radius 3 is 2.86 bits per heavy atom. The van der Waals surface area contributed by atoms with Gasteiger partial charge in [-0.15, -0.1) is 12.4 Å². The van der Waals surface area contributed by atoms with Crippen molar-refractivity contribution in [3.63, 3.8) is 0 Å². The quantitative estimate of drug-likeness (QED) is 0.658. The van der Waals surface area contributed by atoms with Crippen LogP contribution in [0.3, 0.4) is 0 Å². The van der Waals surface area contributed by atoms with Crippen LogP contribution in [0.25, 0.3) is 11.6 Å². The summed E-state index contributed by atoms with van der Waals surface area (Å²) in [5.74, 6) is 1.15. The molecule has 4 rings (SSSR count). The second kappa shape index (κ2) is 9.78. The number of amides is 1. The fourth-order valence-electron chi connectivity index (χ4n) is 3.23. The first-order chi connectivity index (χ1) is 13.7. The van der Waals surface area contributed by atoms with Crippen LogP contribution < -0.4 is 5.32 Å². The van der Waals surface area contributed by atoms with Gasteiger partial charge >= 0.3 is 0 Å². The third-order valence-electron chi connectivity index (χ3n) is 4.58. The first-order valence-corrected chi connectivity index (χ1v) is 9.44. The maximum Gasteiger partial charge on any atom is 0.240 e. The van der Waals surface area contributed by atoms with Gasteiger partial charge in [0.2, 0.25) is 23.4 Å². The smallest absolute Gasteiger partial charge is 0.240 e. The zero-order valence-electron chi connectivity index (χ0n) is 15.5. The fraction of sp³-hybridized carbons (Fsp3) is 0.316. The van der Waals surface area contributed by atoms with E-state index in [-0.39, 0.29) is 30.8 Å². The van der Waals surface area contributed by atoms with Crippen LogP contribution in [-0.2, 0) is 11.2 Å². The van der Waals surface area contributed by atoms with Gasteiger partial charge in [-0.05, 0) is 23.8 Å². The average Bonchev–Trinajstić information content (AvgIpc) is 3.22. The van der Waals surface area contributed by atoms with Crippen molar-refractivity contribution in [2.24, 2.45) is 0 Å². The Balaban J connectivity index is 0.00000240. The number of hydrogen-bond donors (Lipinski definition) is 1. The van der Waals surface area contributed by atoms with Crippen LogP contribution in [-0.4, -0.2) is 50.5 Å². The van der Waals surface area contributed by atoms with Gasteiger partial charge < -0.3 is 14.7 Å². The summed E-state index contributed by atoms with van der Waals surface area (Å²) in [7, 11) is 0. The molecule has 0 aliphatic carbocycles. The lowest BCUT2D eigenvalue weighted by Crippen LogP contribution is -2.48. The highest BCUT2D eigenvalue weighted by Gasteiger charge is 2.28. The van der Waals surface area contributed by atoms with Gasteiger partial charge in [-0.3, -0.25) is 4.79 Å². The summed E-state index contributed by atoms with van der Waals surface area (Å²) in [6.45, 7) is 2.10. The zero-order chi connectivity index (χ0) is 19.3. The molecule has 1 fully saturated rings. The Labute approximate surface area is 179 Å². The highest BCUT2D eigenvalue weighted by molar-refractivity contribution is 6.30. The summed E-state index contributed by atoms with van der Waals surface area (Å²) in [4.78, 5) is 27.2. The summed E-state index contributed by atoms with van der Waals surface area (Å²) in [5, 5.41) is 7.89. The van der Waals surface area contributed by atoms with Gasteiger partial charge in [0.25, 0.3) is 0 Å². The average molecular weight is 435 g/mol. The van der Waals surface area contributed by atoms with Crippen molar-refractivity contribution in [1.29, 1.82) is 0 Å². The van der Waals surface area contributed by atoms with E-state index in [9.17, 15) is 4.79 Å². The summed E-state index contributed by atoms with van der Waals surface area (Å²) < 4.78 is 5.24. The molecule has 1 aliphatic heterocycles. The van der Waals surface area contributed by atoms with Gasteiger partial charge in [0, 0.05) is 49.9 Å². The molecule has 8 nitrogen and oxygen atoms in total. The molecule has 1 aromatic carbocycles. The topological polar surface area (TPSA) is 97.0 Å².